The maximum Gasteiger partial charge on any atom is 0.303 e. The summed E-state index contributed by atoms with van der Waals surface area (Å²) < 4.78 is 12.8. The number of aromatic nitrogens is 2. The number of carbonyl (C=O) groups is 1. The molecule has 0 amide bonds. The Bertz CT molecular complexity index is 931. The molecule has 0 spiro atoms. The number of carboxylic acids is 1. The summed E-state index contributed by atoms with van der Waals surface area (Å²) in [7, 11) is 3.20. The van der Waals surface area contributed by atoms with Crippen molar-refractivity contribution in [1.29, 1.82) is 0 Å². The number of imidazole rings is 1. The number of fused-ring (bicyclic) bond motifs is 1. The van der Waals surface area contributed by atoms with Gasteiger partial charge in [-0.3, -0.25) is 4.79 Å². The zero-order valence-corrected chi connectivity index (χ0v) is 14.4. The largest absolute Gasteiger partial charge is 0.497 e. The third-order valence-electron chi connectivity index (χ3n) is 4.10. The zero-order chi connectivity index (χ0) is 18.0. The molecule has 0 saturated heterocycles. The fraction of sp³-hybridized carbons (Fsp3) is 0.263. The first-order valence-electron chi connectivity index (χ1n) is 7.95. The van der Waals surface area contributed by atoms with Gasteiger partial charge in [0.15, 0.2) is 0 Å². The van der Waals surface area contributed by atoms with Crippen molar-refractivity contribution in [3.05, 3.63) is 47.8 Å². The van der Waals surface area contributed by atoms with Crippen LogP contribution >= 0.6 is 0 Å². The molecule has 0 atom stereocenters. The van der Waals surface area contributed by atoms with Gasteiger partial charge in [0.05, 0.1) is 32.0 Å². The highest BCUT2D eigenvalue weighted by molar-refractivity contribution is 5.75. The standard InChI is InChI=1S/C19H20N2O4/c1-12-4-8-17-20-19(15(21(17)11-12)6-9-18(22)23)14-10-13(24-2)5-7-16(14)25-3/h4-5,7-8,10-11H,6,9H2,1-3H3,(H,22,23). The number of benzene rings is 1. The number of aryl methyl sites for hydroxylation is 2. The first kappa shape index (κ1) is 16.8. The van der Waals surface area contributed by atoms with Gasteiger partial charge in [0.1, 0.15) is 17.1 Å². The highest BCUT2D eigenvalue weighted by Gasteiger charge is 2.19. The fourth-order valence-electron chi connectivity index (χ4n) is 2.88. The molecule has 2 heterocycles. The van der Waals surface area contributed by atoms with Crippen LogP contribution in [0.4, 0.5) is 0 Å². The number of carboxylic acid groups (broad SMARTS) is 1. The molecule has 0 aliphatic carbocycles. The quantitative estimate of drug-likeness (QED) is 0.745. The van der Waals surface area contributed by atoms with Gasteiger partial charge in [0.2, 0.25) is 0 Å². The van der Waals surface area contributed by atoms with Crippen molar-refractivity contribution >= 4 is 11.6 Å². The van der Waals surface area contributed by atoms with Crippen LogP contribution in [0.3, 0.4) is 0 Å². The van der Waals surface area contributed by atoms with Crippen LogP contribution in [0.5, 0.6) is 11.5 Å². The summed E-state index contributed by atoms with van der Waals surface area (Å²) in [5.41, 5.74) is 4.18. The SMILES string of the molecule is COc1ccc(OC)c(-c2nc3ccc(C)cn3c2CCC(=O)O)c1. The summed E-state index contributed by atoms with van der Waals surface area (Å²) in [5, 5.41) is 9.11. The van der Waals surface area contributed by atoms with E-state index >= 15 is 0 Å². The summed E-state index contributed by atoms with van der Waals surface area (Å²) in [4.78, 5) is 15.8. The Morgan fingerprint density at radius 3 is 2.68 bits per heavy atom. The summed E-state index contributed by atoms with van der Waals surface area (Å²) >= 11 is 0. The Balaban J connectivity index is 2.24. The highest BCUT2D eigenvalue weighted by atomic mass is 16.5. The van der Waals surface area contributed by atoms with Gasteiger partial charge in [-0.05, 0) is 36.8 Å². The van der Waals surface area contributed by atoms with Gasteiger partial charge in [-0.1, -0.05) is 6.07 Å². The van der Waals surface area contributed by atoms with E-state index in [1.54, 1.807) is 14.2 Å². The van der Waals surface area contributed by atoms with Crippen LogP contribution in [0.15, 0.2) is 36.5 Å². The van der Waals surface area contributed by atoms with E-state index in [2.05, 4.69) is 0 Å². The molecule has 3 rings (SSSR count). The molecular formula is C19H20N2O4. The Hall–Kier alpha value is -3.02. The van der Waals surface area contributed by atoms with E-state index in [-0.39, 0.29) is 6.42 Å². The molecule has 6 nitrogen and oxygen atoms in total. The minimum atomic E-state index is -0.842. The molecule has 0 saturated carbocycles. The van der Waals surface area contributed by atoms with Crippen LogP contribution in [0.2, 0.25) is 0 Å². The maximum absolute atomic E-state index is 11.1. The van der Waals surface area contributed by atoms with E-state index in [0.29, 0.717) is 23.6 Å². The zero-order valence-electron chi connectivity index (χ0n) is 14.4. The van der Waals surface area contributed by atoms with E-state index < -0.39 is 5.97 Å². The number of hydrogen-bond acceptors (Lipinski definition) is 4. The average Bonchev–Trinajstić information content (AvgIpc) is 2.96. The minimum Gasteiger partial charge on any atom is -0.497 e. The van der Waals surface area contributed by atoms with E-state index in [0.717, 1.165) is 22.5 Å². The van der Waals surface area contributed by atoms with Gasteiger partial charge in [-0.2, -0.15) is 0 Å². The van der Waals surface area contributed by atoms with Gasteiger partial charge in [-0.15, -0.1) is 0 Å². The number of aliphatic carboxylic acids is 1. The predicted octanol–water partition coefficient (Wildman–Crippen LogP) is 3.34. The van der Waals surface area contributed by atoms with Crippen LogP contribution in [0, 0.1) is 6.92 Å². The van der Waals surface area contributed by atoms with Crippen LogP contribution < -0.4 is 9.47 Å². The van der Waals surface area contributed by atoms with Crippen molar-refractivity contribution in [1.82, 2.24) is 9.38 Å². The lowest BCUT2D eigenvalue weighted by atomic mass is 10.1. The molecular weight excluding hydrogens is 320 g/mol. The van der Waals surface area contributed by atoms with Crippen molar-refractivity contribution in [2.75, 3.05) is 14.2 Å². The number of rotatable bonds is 6. The molecule has 0 fully saturated rings. The Morgan fingerprint density at radius 2 is 2.00 bits per heavy atom. The molecule has 130 valence electrons. The lowest BCUT2D eigenvalue weighted by Gasteiger charge is -2.10. The van der Waals surface area contributed by atoms with Crippen molar-refractivity contribution in [2.24, 2.45) is 0 Å². The van der Waals surface area contributed by atoms with Crippen LogP contribution in [-0.4, -0.2) is 34.7 Å². The molecule has 0 aliphatic rings. The molecule has 2 aromatic heterocycles. The first-order chi connectivity index (χ1) is 12.0. The lowest BCUT2D eigenvalue weighted by Crippen LogP contribution is -2.02. The van der Waals surface area contributed by atoms with Crippen molar-refractivity contribution < 1.29 is 19.4 Å². The molecule has 6 heteroatoms. The topological polar surface area (TPSA) is 73.1 Å². The maximum atomic E-state index is 11.1. The second-order valence-electron chi connectivity index (χ2n) is 5.80. The van der Waals surface area contributed by atoms with Crippen LogP contribution in [-0.2, 0) is 11.2 Å². The minimum absolute atomic E-state index is 0.0288. The summed E-state index contributed by atoms with van der Waals surface area (Å²) in [5.74, 6) is 0.511. The first-order valence-corrected chi connectivity index (χ1v) is 7.95. The third-order valence-corrected chi connectivity index (χ3v) is 4.10. The lowest BCUT2D eigenvalue weighted by molar-refractivity contribution is -0.136. The van der Waals surface area contributed by atoms with Crippen LogP contribution in [0.25, 0.3) is 16.9 Å². The molecule has 1 aromatic carbocycles. The van der Waals surface area contributed by atoms with Gasteiger partial charge in [-0.25, -0.2) is 4.98 Å². The summed E-state index contributed by atoms with van der Waals surface area (Å²) in [6.07, 6.45) is 2.37. The molecule has 1 N–H and O–H groups in total. The fourth-order valence-corrected chi connectivity index (χ4v) is 2.88. The number of pyridine rings is 1. The Kier molecular flexibility index (Phi) is 4.61. The molecule has 0 radical (unpaired) electrons. The van der Waals surface area contributed by atoms with Crippen LogP contribution in [0.1, 0.15) is 17.7 Å². The smallest absolute Gasteiger partial charge is 0.303 e. The molecule has 0 bridgehead atoms. The number of nitrogens with zero attached hydrogens (tertiary/aromatic N) is 2. The van der Waals surface area contributed by atoms with Crippen molar-refractivity contribution in [2.45, 2.75) is 19.8 Å². The Labute approximate surface area is 145 Å². The molecule has 3 aromatic rings. The molecule has 25 heavy (non-hydrogen) atoms. The highest BCUT2D eigenvalue weighted by Crippen LogP contribution is 2.35. The van der Waals surface area contributed by atoms with Gasteiger partial charge in [0.25, 0.3) is 0 Å². The number of hydrogen-bond donors (Lipinski definition) is 1. The van der Waals surface area contributed by atoms with Gasteiger partial charge < -0.3 is 19.0 Å². The summed E-state index contributed by atoms with van der Waals surface area (Å²) in [6, 6.07) is 9.41. The van der Waals surface area contributed by atoms with Crippen molar-refractivity contribution in [3.8, 4) is 22.8 Å². The van der Waals surface area contributed by atoms with E-state index in [4.69, 9.17) is 19.6 Å². The molecule has 0 aliphatic heterocycles. The second-order valence-corrected chi connectivity index (χ2v) is 5.80. The van der Waals surface area contributed by atoms with Gasteiger partial charge in [0, 0.05) is 18.2 Å². The monoisotopic (exact) mass is 340 g/mol. The normalized spacial score (nSPS) is 10.8. The number of methoxy groups -OCH3 is 2. The van der Waals surface area contributed by atoms with Gasteiger partial charge >= 0.3 is 5.97 Å². The second kappa shape index (κ2) is 6.84. The Morgan fingerprint density at radius 1 is 1.20 bits per heavy atom. The van der Waals surface area contributed by atoms with E-state index in [1.165, 1.54) is 0 Å². The summed E-state index contributed by atoms with van der Waals surface area (Å²) in [6.45, 7) is 1.99. The van der Waals surface area contributed by atoms with E-state index in [1.807, 2.05) is 47.9 Å². The predicted molar refractivity (Wildman–Crippen MR) is 94.4 cm³/mol. The molecule has 0 unspecified atom stereocenters. The van der Waals surface area contributed by atoms with Crippen molar-refractivity contribution in [3.63, 3.8) is 0 Å². The third kappa shape index (κ3) is 3.28. The number of ether oxygens (including phenoxy) is 2. The van der Waals surface area contributed by atoms with E-state index in [9.17, 15) is 4.79 Å². The average molecular weight is 340 g/mol.